The molecule has 1 amide bonds. The van der Waals surface area contributed by atoms with Crippen LogP contribution in [0.1, 0.15) is 37.6 Å². The van der Waals surface area contributed by atoms with Gasteiger partial charge in [-0.2, -0.15) is 0 Å². The summed E-state index contributed by atoms with van der Waals surface area (Å²) >= 11 is 1.53. The Labute approximate surface area is 152 Å². The van der Waals surface area contributed by atoms with Gasteiger partial charge in [0.05, 0.1) is 12.7 Å². The van der Waals surface area contributed by atoms with Gasteiger partial charge in [-0.1, -0.05) is 32.9 Å². The topological polar surface area (TPSA) is 81.7 Å². The third kappa shape index (κ3) is 7.17. The lowest BCUT2D eigenvalue weighted by atomic mass is 10.0. The quantitative estimate of drug-likeness (QED) is 0.534. The molecule has 0 heterocycles. The van der Waals surface area contributed by atoms with Crippen LogP contribution < -0.4 is 5.32 Å². The summed E-state index contributed by atoms with van der Waals surface area (Å²) < 4.78 is 9.77. The molecule has 1 rings (SSSR count). The molecular weight excluding hydrogens is 342 g/mol. The molecule has 0 spiro atoms. The fourth-order valence-corrected chi connectivity index (χ4v) is 2.98. The number of amides is 1. The molecule has 1 aromatic carbocycles. The number of carbonyl (C=O) groups is 3. The Balaban J connectivity index is 2.63. The molecule has 25 heavy (non-hydrogen) atoms. The number of rotatable bonds is 9. The highest BCUT2D eigenvalue weighted by Gasteiger charge is 2.23. The van der Waals surface area contributed by atoms with Crippen molar-refractivity contribution in [3.63, 3.8) is 0 Å². The number of nitrogens with one attached hydrogen (secondary N) is 1. The van der Waals surface area contributed by atoms with Crippen LogP contribution in [0.15, 0.2) is 29.2 Å². The van der Waals surface area contributed by atoms with Gasteiger partial charge >= 0.3 is 11.9 Å². The molecule has 6 nitrogen and oxygen atoms in total. The van der Waals surface area contributed by atoms with Crippen molar-refractivity contribution in [2.45, 2.75) is 38.1 Å². The molecule has 0 aliphatic heterocycles. The first-order chi connectivity index (χ1) is 11.9. The molecular formula is C18H25NO5S. The summed E-state index contributed by atoms with van der Waals surface area (Å²) in [5.41, 5.74) is 0.425. The van der Waals surface area contributed by atoms with E-state index in [4.69, 9.17) is 4.74 Å². The van der Waals surface area contributed by atoms with Gasteiger partial charge in [0.25, 0.3) is 5.91 Å². The summed E-state index contributed by atoms with van der Waals surface area (Å²) in [4.78, 5) is 36.7. The SMILES string of the molecule is CCSc1ccccc1C(=O)OCC(=O)N[C@@H](CC(C)C)C(=O)OC. The van der Waals surface area contributed by atoms with Gasteiger partial charge in [0.15, 0.2) is 6.61 Å². The first-order valence-corrected chi connectivity index (χ1v) is 9.13. The predicted molar refractivity (Wildman–Crippen MR) is 96.5 cm³/mol. The second-order valence-corrected chi connectivity index (χ2v) is 7.08. The minimum atomic E-state index is -0.751. The molecule has 1 atom stereocenters. The van der Waals surface area contributed by atoms with Gasteiger partial charge in [-0.15, -0.1) is 11.8 Å². The molecule has 0 radical (unpaired) electrons. The van der Waals surface area contributed by atoms with Crippen LogP contribution in [-0.4, -0.2) is 43.4 Å². The highest BCUT2D eigenvalue weighted by molar-refractivity contribution is 7.99. The number of carbonyl (C=O) groups excluding carboxylic acids is 3. The third-order valence-corrected chi connectivity index (χ3v) is 4.22. The molecule has 1 N–H and O–H groups in total. The van der Waals surface area contributed by atoms with Crippen LogP contribution in [-0.2, 0) is 19.1 Å². The van der Waals surface area contributed by atoms with Crippen molar-refractivity contribution in [1.29, 1.82) is 0 Å². The Morgan fingerprint density at radius 3 is 2.48 bits per heavy atom. The van der Waals surface area contributed by atoms with E-state index >= 15 is 0 Å². The number of esters is 2. The molecule has 0 saturated heterocycles. The zero-order valence-electron chi connectivity index (χ0n) is 15.0. The maximum Gasteiger partial charge on any atom is 0.339 e. The summed E-state index contributed by atoms with van der Waals surface area (Å²) in [6.45, 7) is 5.41. The lowest BCUT2D eigenvalue weighted by molar-refractivity contribution is -0.145. The predicted octanol–water partition coefficient (Wildman–Crippen LogP) is 2.66. The van der Waals surface area contributed by atoms with E-state index in [0.29, 0.717) is 12.0 Å². The maximum absolute atomic E-state index is 12.2. The van der Waals surface area contributed by atoms with E-state index < -0.39 is 30.5 Å². The average Bonchev–Trinajstić information content (AvgIpc) is 2.58. The van der Waals surface area contributed by atoms with Crippen molar-refractivity contribution in [2.75, 3.05) is 19.5 Å². The van der Waals surface area contributed by atoms with E-state index in [2.05, 4.69) is 10.1 Å². The van der Waals surface area contributed by atoms with E-state index in [0.717, 1.165) is 10.6 Å². The minimum absolute atomic E-state index is 0.199. The largest absolute Gasteiger partial charge is 0.467 e. The van der Waals surface area contributed by atoms with Crippen LogP contribution in [0.4, 0.5) is 0 Å². The van der Waals surface area contributed by atoms with Crippen molar-refractivity contribution >= 4 is 29.6 Å². The normalized spacial score (nSPS) is 11.7. The van der Waals surface area contributed by atoms with E-state index in [-0.39, 0.29) is 5.92 Å². The summed E-state index contributed by atoms with van der Waals surface area (Å²) in [6.07, 6.45) is 0.447. The third-order valence-electron chi connectivity index (χ3n) is 3.27. The van der Waals surface area contributed by atoms with Crippen molar-refractivity contribution in [3.8, 4) is 0 Å². The second kappa shape index (κ2) is 10.8. The minimum Gasteiger partial charge on any atom is -0.467 e. The fraction of sp³-hybridized carbons (Fsp3) is 0.500. The van der Waals surface area contributed by atoms with Gasteiger partial charge in [0, 0.05) is 4.90 Å². The van der Waals surface area contributed by atoms with Gasteiger partial charge in [-0.3, -0.25) is 4.79 Å². The highest BCUT2D eigenvalue weighted by Crippen LogP contribution is 2.22. The van der Waals surface area contributed by atoms with E-state index in [1.54, 1.807) is 12.1 Å². The van der Waals surface area contributed by atoms with Crippen molar-refractivity contribution in [2.24, 2.45) is 5.92 Å². The Morgan fingerprint density at radius 1 is 1.20 bits per heavy atom. The van der Waals surface area contributed by atoms with Crippen molar-refractivity contribution < 1.29 is 23.9 Å². The highest BCUT2D eigenvalue weighted by atomic mass is 32.2. The Morgan fingerprint density at radius 2 is 1.88 bits per heavy atom. The Bertz CT molecular complexity index is 603. The lowest BCUT2D eigenvalue weighted by Crippen LogP contribution is -2.44. The number of hydrogen-bond donors (Lipinski definition) is 1. The van der Waals surface area contributed by atoms with Gasteiger partial charge in [0.1, 0.15) is 6.04 Å². The zero-order valence-corrected chi connectivity index (χ0v) is 15.9. The molecule has 0 aromatic heterocycles. The maximum atomic E-state index is 12.2. The number of hydrogen-bond acceptors (Lipinski definition) is 6. The number of thioether (sulfide) groups is 1. The van der Waals surface area contributed by atoms with E-state index in [1.165, 1.54) is 18.9 Å². The van der Waals surface area contributed by atoms with Gasteiger partial charge < -0.3 is 14.8 Å². The number of methoxy groups -OCH3 is 1. The average molecular weight is 367 g/mol. The van der Waals surface area contributed by atoms with Crippen LogP contribution in [0.25, 0.3) is 0 Å². The standard InChI is InChI=1S/C18H25NO5S/c1-5-25-15-9-7-6-8-13(15)17(21)24-11-16(20)19-14(10-12(2)3)18(22)23-4/h6-9,12,14H,5,10-11H2,1-4H3,(H,19,20)/t14-/m0/s1. The molecule has 0 bridgehead atoms. The summed E-state index contributed by atoms with van der Waals surface area (Å²) in [6, 6.07) is 6.33. The summed E-state index contributed by atoms with van der Waals surface area (Å²) in [7, 11) is 1.27. The Kier molecular flexibility index (Phi) is 9.05. The van der Waals surface area contributed by atoms with Crippen LogP contribution in [0.5, 0.6) is 0 Å². The molecule has 0 saturated carbocycles. The second-order valence-electron chi connectivity index (χ2n) is 5.78. The van der Waals surface area contributed by atoms with Crippen LogP contribution in [0, 0.1) is 5.92 Å². The molecule has 0 aliphatic rings. The first-order valence-electron chi connectivity index (χ1n) is 8.15. The summed E-state index contributed by atoms with van der Waals surface area (Å²) in [5, 5.41) is 2.55. The van der Waals surface area contributed by atoms with Crippen molar-refractivity contribution in [1.82, 2.24) is 5.32 Å². The first kappa shape index (κ1) is 21.0. The molecule has 138 valence electrons. The van der Waals surface area contributed by atoms with Gasteiger partial charge in [-0.25, -0.2) is 9.59 Å². The molecule has 1 aromatic rings. The zero-order chi connectivity index (χ0) is 18.8. The molecule has 7 heteroatoms. The molecule has 0 unspecified atom stereocenters. The fourth-order valence-electron chi connectivity index (χ4n) is 2.19. The van der Waals surface area contributed by atoms with E-state index in [9.17, 15) is 14.4 Å². The van der Waals surface area contributed by atoms with Gasteiger partial charge in [0.2, 0.25) is 0 Å². The number of ether oxygens (including phenoxy) is 2. The van der Waals surface area contributed by atoms with Crippen LogP contribution in [0.2, 0.25) is 0 Å². The Hall–Kier alpha value is -2.02. The molecule has 0 aliphatic carbocycles. The smallest absolute Gasteiger partial charge is 0.339 e. The monoisotopic (exact) mass is 367 g/mol. The molecule has 0 fully saturated rings. The van der Waals surface area contributed by atoms with Crippen LogP contribution in [0.3, 0.4) is 0 Å². The van der Waals surface area contributed by atoms with Crippen molar-refractivity contribution in [3.05, 3.63) is 29.8 Å². The lowest BCUT2D eigenvalue weighted by Gasteiger charge is -2.18. The van der Waals surface area contributed by atoms with E-state index in [1.807, 2.05) is 32.9 Å². The van der Waals surface area contributed by atoms with Gasteiger partial charge in [-0.05, 0) is 30.2 Å². The number of benzene rings is 1. The summed E-state index contributed by atoms with van der Waals surface area (Å²) in [5.74, 6) is -0.598. The van der Waals surface area contributed by atoms with Crippen LogP contribution >= 0.6 is 11.8 Å².